The second kappa shape index (κ2) is 5.31. The lowest BCUT2D eigenvalue weighted by Gasteiger charge is -2.11. The number of benzene rings is 1. The fraction of sp³-hybridized carbons (Fsp3) is 0.143. The van der Waals surface area contributed by atoms with Crippen molar-refractivity contribution in [2.24, 2.45) is 0 Å². The van der Waals surface area contributed by atoms with Crippen molar-refractivity contribution in [3.05, 3.63) is 48.3 Å². The Kier molecular flexibility index (Phi) is 3.57. The van der Waals surface area contributed by atoms with Gasteiger partial charge in [0, 0.05) is 23.5 Å². The molecule has 0 saturated heterocycles. The van der Waals surface area contributed by atoms with E-state index in [-0.39, 0.29) is 0 Å². The number of carbonyl (C=O) groups excluding carboxylic acids is 1. The number of pyridine rings is 1. The summed E-state index contributed by atoms with van der Waals surface area (Å²) in [7, 11) is 2.94. The minimum Gasteiger partial charge on any atom is -0.496 e. The molecule has 2 aromatic rings. The number of hydrogen-bond acceptors (Lipinski definition) is 4. The first kappa shape index (κ1) is 12.1. The molecule has 0 fully saturated rings. The molecule has 0 spiro atoms. The highest BCUT2D eigenvalue weighted by Crippen LogP contribution is 2.31. The zero-order valence-corrected chi connectivity index (χ0v) is 10.2. The van der Waals surface area contributed by atoms with Crippen molar-refractivity contribution in [3.8, 4) is 16.9 Å². The van der Waals surface area contributed by atoms with Crippen molar-refractivity contribution in [2.45, 2.75) is 0 Å². The van der Waals surface area contributed by atoms with Crippen LogP contribution in [0.4, 0.5) is 0 Å². The molecule has 18 heavy (non-hydrogen) atoms. The SMILES string of the molecule is COC(=O)c1cnccc1-c1ccccc1OC. The van der Waals surface area contributed by atoms with Gasteiger partial charge in [-0.15, -0.1) is 0 Å². The first-order chi connectivity index (χ1) is 8.77. The van der Waals surface area contributed by atoms with Crippen LogP contribution < -0.4 is 4.74 Å². The highest BCUT2D eigenvalue weighted by atomic mass is 16.5. The van der Waals surface area contributed by atoms with Gasteiger partial charge in [0.05, 0.1) is 19.8 Å². The van der Waals surface area contributed by atoms with Crippen LogP contribution in [0.3, 0.4) is 0 Å². The van der Waals surface area contributed by atoms with Crippen molar-refractivity contribution in [3.63, 3.8) is 0 Å². The fourth-order valence-corrected chi connectivity index (χ4v) is 1.77. The monoisotopic (exact) mass is 243 g/mol. The molecule has 0 aliphatic rings. The molecular weight excluding hydrogens is 230 g/mol. The van der Waals surface area contributed by atoms with Crippen molar-refractivity contribution < 1.29 is 14.3 Å². The molecule has 2 rings (SSSR count). The highest BCUT2D eigenvalue weighted by molar-refractivity contribution is 5.97. The molecule has 0 bridgehead atoms. The summed E-state index contributed by atoms with van der Waals surface area (Å²) in [6.07, 6.45) is 3.13. The van der Waals surface area contributed by atoms with Gasteiger partial charge in [0.1, 0.15) is 5.75 Å². The minimum absolute atomic E-state index is 0.413. The summed E-state index contributed by atoms with van der Waals surface area (Å²) in [6, 6.07) is 9.27. The summed E-state index contributed by atoms with van der Waals surface area (Å²) in [6.45, 7) is 0. The van der Waals surface area contributed by atoms with Gasteiger partial charge in [-0.05, 0) is 12.1 Å². The zero-order valence-electron chi connectivity index (χ0n) is 10.2. The molecule has 0 radical (unpaired) electrons. The Morgan fingerprint density at radius 2 is 1.89 bits per heavy atom. The maximum Gasteiger partial charge on any atom is 0.340 e. The van der Waals surface area contributed by atoms with Crippen LogP contribution in [-0.4, -0.2) is 25.2 Å². The first-order valence-electron chi connectivity index (χ1n) is 5.43. The van der Waals surface area contributed by atoms with Crippen LogP contribution in [-0.2, 0) is 4.74 Å². The predicted octanol–water partition coefficient (Wildman–Crippen LogP) is 2.54. The maximum atomic E-state index is 11.7. The number of hydrogen-bond donors (Lipinski definition) is 0. The van der Waals surface area contributed by atoms with E-state index in [1.165, 1.54) is 13.3 Å². The van der Waals surface area contributed by atoms with E-state index in [2.05, 4.69) is 4.98 Å². The number of aromatic nitrogens is 1. The lowest BCUT2D eigenvalue weighted by atomic mass is 10.0. The van der Waals surface area contributed by atoms with Gasteiger partial charge in [-0.2, -0.15) is 0 Å². The Morgan fingerprint density at radius 1 is 1.11 bits per heavy atom. The summed E-state index contributed by atoms with van der Waals surface area (Å²) in [5.41, 5.74) is 2.00. The predicted molar refractivity (Wildman–Crippen MR) is 67.6 cm³/mol. The van der Waals surface area contributed by atoms with Crippen LogP contribution in [0.25, 0.3) is 11.1 Å². The Morgan fingerprint density at radius 3 is 2.61 bits per heavy atom. The molecule has 0 saturated carbocycles. The standard InChI is InChI=1S/C14H13NO3/c1-17-13-6-4-3-5-11(13)10-7-8-15-9-12(10)14(16)18-2/h3-9H,1-2H3. The van der Waals surface area contributed by atoms with Gasteiger partial charge in [-0.3, -0.25) is 4.98 Å². The van der Waals surface area contributed by atoms with Gasteiger partial charge in [-0.25, -0.2) is 4.79 Å². The van der Waals surface area contributed by atoms with Gasteiger partial charge in [-0.1, -0.05) is 18.2 Å². The lowest BCUT2D eigenvalue weighted by Crippen LogP contribution is -2.04. The van der Waals surface area contributed by atoms with Crippen LogP contribution >= 0.6 is 0 Å². The van der Waals surface area contributed by atoms with Crippen LogP contribution in [0, 0.1) is 0 Å². The van der Waals surface area contributed by atoms with Gasteiger partial charge in [0.15, 0.2) is 0 Å². The van der Waals surface area contributed by atoms with E-state index in [9.17, 15) is 4.79 Å². The highest BCUT2D eigenvalue weighted by Gasteiger charge is 2.15. The number of rotatable bonds is 3. The fourth-order valence-electron chi connectivity index (χ4n) is 1.77. The third kappa shape index (κ3) is 2.18. The van der Waals surface area contributed by atoms with E-state index in [1.54, 1.807) is 19.4 Å². The van der Waals surface area contributed by atoms with Gasteiger partial charge in [0.2, 0.25) is 0 Å². The molecule has 0 aliphatic carbocycles. The number of ether oxygens (including phenoxy) is 2. The summed E-state index contributed by atoms with van der Waals surface area (Å²) in [5, 5.41) is 0. The normalized spacial score (nSPS) is 9.89. The van der Waals surface area contributed by atoms with Crippen molar-refractivity contribution in [1.82, 2.24) is 4.98 Å². The minimum atomic E-state index is -0.413. The number of esters is 1. The Labute approximate surface area is 105 Å². The Balaban J connectivity index is 2.60. The second-order valence-corrected chi connectivity index (χ2v) is 3.61. The van der Waals surface area contributed by atoms with Gasteiger partial charge < -0.3 is 9.47 Å². The molecule has 4 nitrogen and oxygen atoms in total. The average molecular weight is 243 g/mol. The second-order valence-electron chi connectivity index (χ2n) is 3.61. The molecule has 1 aromatic carbocycles. The van der Waals surface area contributed by atoms with Crippen LogP contribution in [0.1, 0.15) is 10.4 Å². The molecule has 1 aromatic heterocycles. The smallest absolute Gasteiger partial charge is 0.340 e. The molecule has 0 atom stereocenters. The number of carbonyl (C=O) groups is 1. The molecule has 0 N–H and O–H groups in total. The number of methoxy groups -OCH3 is 2. The quantitative estimate of drug-likeness (QED) is 0.777. The van der Waals surface area contributed by atoms with Crippen molar-refractivity contribution in [1.29, 1.82) is 0 Å². The average Bonchev–Trinajstić information content (AvgIpc) is 2.46. The molecule has 0 amide bonds. The zero-order chi connectivity index (χ0) is 13.0. The molecule has 0 unspecified atom stereocenters. The molecule has 92 valence electrons. The maximum absolute atomic E-state index is 11.7. The molecule has 0 aliphatic heterocycles. The number of para-hydroxylation sites is 1. The summed E-state index contributed by atoms with van der Waals surface area (Å²) in [4.78, 5) is 15.7. The van der Waals surface area contributed by atoms with E-state index < -0.39 is 5.97 Å². The van der Waals surface area contributed by atoms with Crippen LogP contribution in [0.2, 0.25) is 0 Å². The van der Waals surface area contributed by atoms with E-state index in [0.29, 0.717) is 11.3 Å². The largest absolute Gasteiger partial charge is 0.496 e. The van der Waals surface area contributed by atoms with E-state index >= 15 is 0 Å². The molecule has 1 heterocycles. The lowest BCUT2D eigenvalue weighted by molar-refractivity contribution is 0.0601. The summed E-state index contributed by atoms with van der Waals surface area (Å²) < 4.78 is 10.0. The Hall–Kier alpha value is -2.36. The molecular formula is C14H13NO3. The summed E-state index contributed by atoms with van der Waals surface area (Å²) >= 11 is 0. The van der Waals surface area contributed by atoms with E-state index in [4.69, 9.17) is 9.47 Å². The van der Waals surface area contributed by atoms with Crippen LogP contribution in [0.15, 0.2) is 42.7 Å². The first-order valence-corrected chi connectivity index (χ1v) is 5.43. The van der Waals surface area contributed by atoms with E-state index in [1.807, 2.05) is 24.3 Å². The topological polar surface area (TPSA) is 48.4 Å². The number of nitrogens with zero attached hydrogens (tertiary/aromatic N) is 1. The van der Waals surface area contributed by atoms with Crippen molar-refractivity contribution in [2.75, 3.05) is 14.2 Å². The van der Waals surface area contributed by atoms with Crippen molar-refractivity contribution >= 4 is 5.97 Å². The third-order valence-electron chi connectivity index (χ3n) is 2.62. The van der Waals surface area contributed by atoms with E-state index in [0.717, 1.165) is 11.1 Å². The Bertz CT molecular complexity index is 566. The third-order valence-corrected chi connectivity index (χ3v) is 2.62. The van der Waals surface area contributed by atoms with Crippen LogP contribution in [0.5, 0.6) is 5.75 Å². The van der Waals surface area contributed by atoms with Gasteiger partial charge in [0.25, 0.3) is 0 Å². The van der Waals surface area contributed by atoms with Gasteiger partial charge >= 0.3 is 5.97 Å². The molecule has 4 heteroatoms. The summed E-state index contributed by atoms with van der Waals surface area (Å²) in [5.74, 6) is 0.290.